The van der Waals surface area contributed by atoms with Crippen molar-refractivity contribution in [1.29, 1.82) is 5.26 Å². The number of aromatic nitrogens is 4. The van der Waals surface area contributed by atoms with E-state index >= 15 is 0 Å². The number of nitriles is 1. The molecule has 1 saturated heterocycles. The second-order valence-corrected chi connectivity index (χ2v) is 7.57. The van der Waals surface area contributed by atoms with Crippen LogP contribution in [0.4, 0.5) is 35.1 Å². The van der Waals surface area contributed by atoms with Crippen molar-refractivity contribution in [3.63, 3.8) is 0 Å². The van der Waals surface area contributed by atoms with Crippen LogP contribution < -0.4 is 10.2 Å². The molecule has 0 radical (unpaired) electrons. The van der Waals surface area contributed by atoms with Crippen molar-refractivity contribution in [2.45, 2.75) is 24.8 Å². The largest absolute Gasteiger partial charge is 0.419 e. The average molecular weight is 464 g/mol. The van der Waals surface area contributed by atoms with E-state index in [1.165, 1.54) is 12.1 Å². The van der Waals surface area contributed by atoms with Crippen molar-refractivity contribution in [3.8, 4) is 6.07 Å². The van der Waals surface area contributed by atoms with Crippen molar-refractivity contribution >= 4 is 28.6 Å². The van der Waals surface area contributed by atoms with Gasteiger partial charge in [0.25, 0.3) is 5.69 Å². The summed E-state index contributed by atoms with van der Waals surface area (Å²) in [5.41, 5.74) is -0.760. The van der Waals surface area contributed by atoms with Gasteiger partial charge in [0.2, 0.25) is 11.9 Å². The number of nitro groups is 1. The molecule has 3 heterocycles. The zero-order valence-electron chi connectivity index (χ0n) is 17.0. The maximum atomic E-state index is 14.5. The van der Waals surface area contributed by atoms with Gasteiger partial charge in [-0.1, -0.05) is 0 Å². The van der Waals surface area contributed by atoms with Crippen LogP contribution >= 0.6 is 0 Å². The van der Waals surface area contributed by atoms with Crippen molar-refractivity contribution in [3.05, 3.63) is 45.8 Å². The van der Waals surface area contributed by atoms with Gasteiger partial charge in [-0.05, 0) is 6.07 Å². The number of benzene rings is 1. The molecule has 1 N–H and O–H groups in total. The third-order valence-corrected chi connectivity index (χ3v) is 5.29. The molecule has 1 fully saturated rings. The zero-order chi connectivity index (χ0) is 23.9. The minimum Gasteiger partial charge on any atom is -0.350 e. The normalized spacial score (nSPS) is 18.8. The lowest BCUT2D eigenvalue weighted by Gasteiger charge is -2.35. The van der Waals surface area contributed by atoms with E-state index in [1.54, 1.807) is 22.6 Å². The fourth-order valence-corrected chi connectivity index (χ4v) is 3.77. The van der Waals surface area contributed by atoms with E-state index in [2.05, 4.69) is 20.3 Å². The standard InChI is InChI=1S/C19H16F4N8O2/c1-29-16-2-10(5-24)15(31(32)33)4-14(16)28-18(29)30-8-12(20)3-13(9-30)27-17-25-6-11(7-26-17)19(21,22)23/h2,4,6-7,12-13H,3,8-9H2,1H3,(H,25,26,27)/t12-,13-/m1/s1. The number of imidazole rings is 1. The summed E-state index contributed by atoms with van der Waals surface area (Å²) in [5, 5.41) is 23.3. The molecule has 0 spiro atoms. The molecule has 2 aromatic heterocycles. The quantitative estimate of drug-likeness (QED) is 0.355. The summed E-state index contributed by atoms with van der Waals surface area (Å²) in [4.78, 5) is 23.9. The Labute approximate surface area is 183 Å². The van der Waals surface area contributed by atoms with Crippen LogP contribution in [0.3, 0.4) is 0 Å². The number of nitro benzene ring substituents is 1. The number of nitrogens with zero attached hydrogens (tertiary/aromatic N) is 7. The number of nitrogens with one attached hydrogen (secondary N) is 1. The molecule has 0 saturated carbocycles. The summed E-state index contributed by atoms with van der Waals surface area (Å²) >= 11 is 0. The lowest BCUT2D eigenvalue weighted by Crippen LogP contribution is -2.48. The zero-order valence-corrected chi connectivity index (χ0v) is 17.0. The Morgan fingerprint density at radius 2 is 1.97 bits per heavy atom. The van der Waals surface area contributed by atoms with Crippen LogP contribution in [0.2, 0.25) is 0 Å². The third-order valence-electron chi connectivity index (χ3n) is 5.29. The summed E-state index contributed by atoms with van der Waals surface area (Å²) in [6.07, 6.45) is -4.48. The predicted octanol–water partition coefficient (Wildman–Crippen LogP) is 3.19. The molecule has 0 bridgehead atoms. The Kier molecular flexibility index (Phi) is 5.48. The van der Waals surface area contributed by atoms with Gasteiger partial charge in [0.1, 0.15) is 17.8 Å². The molecule has 10 nitrogen and oxygen atoms in total. The van der Waals surface area contributed by atoms with Gasteiger partial charge in [0.05, 0.1) is 28.1 Å². The topological polar surface area (TPSA) is 126 Å². The highest BCUT2D eigenvalue weighted by Gasteiger charge is 2.33. The monoisotopic (exact) mass is 464 g/mol. The minimum absolute atomic E-state index is 0.00356. The average Bonchev–Trinajstić information content (AvgIpc) is 3.08. The van der Waals surface area contributed by atoms with Crippen molar-refractivity contribution < 1.29 is 22.5 Å². The highest BCUT2D eigenvalue weighted by Crippen LogP contribution is 2.31. The molecule has 0 unspecified atom stereocenters. The van der Waals surface area contributed by atoms with Gasteiger partial charge in [-0.15, -0.1) is 0 Å². The van der Waals surface area contributed by atoms with Crippen LogP contribution in [0.25, 0.3) is 11.0 Å². The molecule has 14 heteroatoms. The van der Waals surface area contributed by atoms with Crippen LogP contribution in [0, 0.1) is 21.4 Å². The molecule has 0 amide bonds. The summed E-state index contributed by atoms with van der Waals surface area (Å²) in [6, 6.07) is 3.80. The SMILES string of the molecule is Cn1c(N2C[C@H](F)C[C@@H](Nc3ncc(C(F)(F)F)cn3)C2)nc2cc([N+](=O)[O-])c(C#N)cc21. The lowest BCUT2D eigenvalue weighted by atomic mass is 10.0. The van der Waals surface area contributed by atoms with E-state index in [4.69, 9.17) is 0 Å². The number of rotatable bonds is 4. The fourth-order valence-electron chi connectivity index (χ4n) is 3.77. The number of hydrogen-bond acceptors (Lipinski definition) is 8. The van der Waals surface area contributed by atoms with E-state index in [1.807, 2.05) is 0 Å². The first-order chi connectivity index (χ1) is 15.6. The molecular formula is C19H16F4N8O2. The van der Waals surface area contributed by atoms with E-state index < -0.39 is 28.9 Å². The van der Waals surface area contributed by atoms with E-state index in [9.17, 15) is 32.9 Å². The summed E-state index contributed by atoms with van der Waals surface area (Å²) in [7, 11) is 1.64. The Bertz CT molecular complexity index is 1250. The highest BCUT2D eigenvalue weighted by atomic mass is 19.4. The molecule has 3 aromatic rings. The Morgan fingerprint density at radius 3 is 2.58 bits per heavy atom. The molecule has 2 atom stereocenters. The van der Waals surface area contributed by atoms with Crippen LogP contribution in [0.15, 0.2) is 24.5 Å². The molecule has 1 aliphatic rings. The third kappa shape index (κ3) is 4.34. The Hall–Kier alpha value is -4.02. The summed E-state index contributed by atoms with van der Waals surface area (Å²) < 4.78 is 54.2. The van der Waals surface area contributed by atoms with Gasteiger partial charge in [0, 0.05) is 44.5 Å². The molecule has 172 valence electrons. The maximum Gasteiger partial charge on any atom is 0.419 e. The first kappa shape index (κ1) is 22.2. The number of hydrogen-bond donors (Lipinski definition) is 1. The number of halogens is 4. The van der Waals surface area contributed by atoms with Crippen LogP contribution in [0.5, 0.6) is 0 Å². The van der Waals surface area contributed by atoms with E-state index in [0.717, 1.165) is 0 Å². The number of aryl methyl sites for hydroxylation is 1. The van der Waals surface area contributed by atoms with Crippen LogP contribution in [-0.2, 0) is 13.2 Å². The van der Waals surface area contributed by atoms with Crippen molar-refractivity contribution in [1.82, 2.24) is 19.5 Å². The number of anilines is 2. The maximum absolute atomic E-state index is 14.5. The minimum atomic E-state index is -4.56. The molecule has 1 aromatic carbocycles. The molecule has 1 aliphatic heterocycles. The van der Waals surface area contributed by atoms with Crippen molar-refractivity contribution in [2.75, 3.05) is 23.3 Å². The summed E-state index contributed by atoms with van der Waals surface area (Å²) in [6.45, 7) is 0.228. The van der Waals surface area contributed by atoms with Gasteiger partial charge >= 0.3 is 6.18 Å². The number of piperidine rings is 1. The van der Waals surface area contributed by atoms with Gasteiger partial charge in [0.15, 0.2) is 0 Å². The Balaban J connectivity index is 1.59. The van der Waals surface area contributed by atoms with Gasteiger partial charge in [-0.2, -0.15) is 18.4 Å². The van der Waals surface area contributed by atoms with Gasteiger partial charge in [-0.3, -0.25) is 10.1 Å². The predicted molar refractivity (Wildman–Crippen MR) is 108 cm³/mol. The van der Waals surface area contributed by atoms with Crippen LogP contribution in [-0.4, -0.2) is 49.7 Å². The van der Waals surface area contributed by atoms with Gasteiger partial charge < -0.3 is 14.8 Å². The molecular weight excluding hydrogens is 448 g/mol. The fraction of sp³-hybridized carbons (Fsp3) is 0.368. The number of fused-ring (bicyclic) bond motifs is 1. The van der Waals surface area contributed by atoms with E-state index in [-0.39, 0.29) is 42.2 Å². The highest BCUT2D eigenvalue weighted by molar-refractivity contribution is 5.84. The lowest BCUT2D eigenvalue weighted by molar-refractivity contribution is -0.385. The first-order valence-electron chi connectivity index (χ1n) is 9.66. The van der Waals surface area contributed by atoms with Gasteiger partial charge in [-0.25, -0.2) is 19.3 Å². The summed E-state index contributed by atoms with van der Waals surface area (Å²) in [5.74, 6) is 0.262. The smallest absolute Gasteiger partial charge is 0.350 e. The molecule has 4 rings (SSSR count). The van der Waals surface area contributed by atoms with Crippen molar-refractivity contribution in [2.24, 2.45) is 7.05 Å². The Morgan fingerprint density at radius 1 is 1.27 bits per heavy atom. The van der Waals surface area contributed by atoms with E-state index in [0.29, 0.717) is 23.9 Å². The van der Waals surface area contributed by atoms with Crippen LogP contribution in [0.1, 0.15) is 17.5 Å². The molecule has 0 aliphatic carbocycles. The number of alkyl halides is 4. The first-order valence-corrected chi connectivity index (χ1v) is 9.66. The second kappa shape index (κ2) is 8.15. The second-order valence-electron chi connectivity index (χ2n) is 7.57. The molecule has 33 heavy (non-hydrogen) atoms.